The molecule has 0 radical (unpaired) electrons. The first kappa shape index (κ1) is 22.6. The summed E-state index contributed by atoms with van der Waals surface area (Å²) in [6, 6.07) is 12.4. The van der Waals surface area contributed by atoms with Gasteiger partial charge in [-0.2, -0.15) is 0 Å². The summed E-state index contributed by atoms with van der Waals surface area (Å²) < 4.78 is 11.9. The van der Waals surface area contributed by atoms with E-state index in [9.17, 15) is 14.4 Å². The molecule has 9 heteroatoms. The van der Waals surface area contributed by atoms with Gasteiger partial charge >= 0.3 is 5.97 Å². The second kappa shape index (κ2) is 9.80. The fourth-order valence-corrected chi connectivity index (χ4v) is 5.13. The van der Waals surface area contributed by atoms with Crippen molar-refractivity contribution >= 4 is 66.8 Å². The number of halogens is 2. The lowest BCUT2D eigenvalue weighted by Crippen LogP contribution is -2.42. The van der Waals surface area contributed by atoms with E-state index in [0.29, 0.717) is 26.9 Å². The van der Waals surface area contributed by atoms with Crippen molar-refractivity contribution in [1.82, 2.24) is 4.90 Å². The molecule has 3 rings (SSSR count). The number of ether oxygens (including phenoxy) is 2. The fraction of sp³-hybridized carbons (Fsp3) is 0.190. The Morgan fingerprint density at radius 1 is 1.17 bits per heavy atom. The third-order valence-electron chi connectivity index (χ3n) is 4.30. The molecule has 0 aliphatic carbocycles. The van der Waals surface area contributed by atoms with Crippen LogP contribution in [0.5, 0.6) is 5.75 Å². The van der Waals surface area contributed by atoms with Gasteiger partial charge in [-0.05, 0) is 79.9 Å². The summed E-state index contributed by atoms with van der Waals surface area (Å²) in [6.07, 6.45) is 1.60. The molecule has 0 unspecified atom stereocenters. The Balaban J connectivity index is 1.80. The van der Waals surface area contributed by atoms with Crippen LogP contribution in [0.15, 0.2) is 56.3 Å². The minimum atomic E-state index is -0.986. The van der Waals surface area contributed by atoms with Gasteiger partial charge in [0.25, 0.3) is 11.1 Å². The molecule has 1 aliphatic heterocycles. The molecule has 0 bridgehead atoms. The van der Waals surface area contributed by atoms with Gasteiger partial charge in [-0.3, -0.25) is 14.5 Å². The number of carbonyl (C=O) groups excluding carboxylic acids is 3. The number of amides is 2. The summed E-state index contributed by atoms with van der Waals surface area (Å²) >= 11 is 7.78. The Hall–Kier alpha value is -2.10. The topological polar surface area (TPSA) is 72.9 Å². The van der Waals surface area contributed by atoms with E-state index in [1.807, 2.05) is 30.3 Å². The van der Waals surface area contributed by atoms with Crippen LogP contribution in [0.25, 0.3) is 6.08 Å². The van der Waals surface area contributed by atoms with Gasteiger partial charge in [0.2, 0.25) is 0 Å². The van der Waals surface area contributed by atoms with Gasteiger partial charge < -0.3 is 9.47 Å². The lowest BCUT2D eigenvalue weighted by atomic mass is 10.2. The van der Waals surface area contributed by atoms with Crippen molar-refractivity contribution in [3.8, 4) is 5.75 Å². The monoisotopic (exact) mass is 553 g/mol. The maximum Gasteiger partial charge on any atom is 0.328 e. The molecule has 30 heavy (non-hydrogen) atoms. The van der Waals surface area contributed by atoms with Crippen molar-refractivity contribution in [2.24, 2.45) is 0 Å². The number of hydrogen-bond donors (Lipinski definition) is 0. The van der Waals surface area contributed by atoms with Crippen LogP contribution >= 0.6 is 43.6 Å². The Morgan fingerprint density at radius 3 is 2.40 bits per heavy atom. The van der Waals surface area contributed by atoms with Crippen LogP contribution < -0.4 is 4.74 Å². The summed E-state index contributed by atoms with van der Waals surface area (Å²) in [5, 5.41) is -0.509. The molecule has 0 aromatic heterocycles. The second-order valence-electron chi connectivity index (χ2n) is 6.34. The normalized spacial score (nSPS) is 16.1. The van der Waals surface area contributed by atoms with Crippen LogP contribution in [-0.2, 0) is 20.9 Å². The van der Waals surface area contributed by atoms with Crippen LogP contribution in [0, 0.1) is 0 Å². The number of methoxy groups -OCH3 is 1. The van der Waals surface area contributed by atoms with Crippen LogP contribution in [0.2, 0.25) is 0 Å². The van der Waals surface area contributed by atoms with Crippen LogP contribution in [0.3, 0.4) is 0 Å². The Kier molecular flexibility index (Phi) is 7.38. The number of thioether (sulfide) groups is 1. The van der Waals surface area contributed by atoms with Crippen LogP contribution in [-0.4, -0.2) is 35.2 Å². The molecule has 1 heterocycles. The minimum absolute atomic E-state index is 0.229. The zero-order chi connectivity index (χ0) is 21.8. The molecule has 2 aromatic carbocycles. The molecule has 1 fully saturated rings. The van der Waals surface area contributed by atoms with Gasteiger partial charge in [-0.15, -0.1) is 0 Å². The zero-order valence-electron chi connectivity index (χ0n) is 16.1. The fourth-order valence-electron chi connectivity index (χ4n) is 2.77. The lowest BCUT2D eigenvalue weighted by Gasteiger charge is -2.18. The molecule has 6 nitrogen and oxygen atoms in total. The molecular weight excluding hydrogens is 538 g/mol. The largest absolute Gasteiger partial charge is 0.487 e. The van der Waals surface area contributed by atoms with Crippen molar-refractivity contribution in [2.45, 2.75) is 19.6 Å². The smallest absolute Gasteiger partial charge is 0.328 e. The van der Waals surface area contributed by atoms with Gasteiger partial charge in [0.15, 0.2) is 0 Å². The molecule has 156 valence electrons. The Morgan fingerprint density at radius 2 is 1.80 bits per heavy atom. The summed E-state index contributed by atoms with van der Waals surface area (Å²) in [5.41, 5.74) is 1.73. The van der Waals surface area contributed by atoms with E-state index in [1.54, 1.807) is 18.2 Å². The van der Waals surface area contributed by atoms with E-state index in [-0.39, 0.29) is 4.91 Å². The molecular formula is C21H17Br2NO5S. The van der Waals surface area contributed by atoms with E-state index in [2.05, 4.69) is 36.6 Å². The molecule has 0 saturated carbocycles. The first-order valence-corrected chi connectivity index (χ1v) is 11.2. The van der Waals surface area contributed by atoms with Crippen molar-refractivity contribution in [2.75, 3.05) is 7.11 Å². The highest BCUT2D eigenvalue weighted by Crippen LogP contribution is 2.38. The number of imide groups is 1. The highest BCUT2D eigenvalue weighted by atomic mass is 79.9. The minimum Gasteiger partial charge on any atom is -0.487 e. The van der Waals surface area contributed by atoms with E-state index in [1.165, 1.54) is 14.0 Å². The molecule has 0 N–H and O–H groups in total. The third kappa shape index (κ3) is 4.96. The average Bonchev–Trinajstić information content (AvgIpc) is 2.99. The van der Waals surface area contributed by atoms with Crippen molar-refractivity contribution in [1.29, 1.82) is 0 Å². The maximum atomic E-state index is 12.6. The highest BCUT2D eigenvalue weighted by molar-refractivity contribution is 9.11. The summed E-state index contributed by atoms with van der Waals surface area (Å²) in [7, 11) is 1.21. The van der Waals surface area contributed by atoms with Gasteiger partial charge in [0, 0.05) is 0 Å². The highest BCUT2D eigenvalue weighted by Gasteiger charge is 2.41. The predicted molar refractivity (Wildman–Crippen MR) is 122 cm³/mol. The SMILES string of the molecule is COC(=O)[C@H](C)N1C(=O)S/C(=C/c2cc(Br)c(OCc3ccccc3)c(Br)c2)C1=O. The van der Waals surface area contributed by atoms with Gasteiger partial charge in [-0.1, -0.05) is 30.3 Å². The molecule has 0 spiro atoms. The first-order chi connectivity index (χ1) is 14.3. The van der Waals surface area contributed by atoms with E-state index in [4.69, 9.17) is 4.74 Å². The van der Waals surface area contributed by atoms with Gasteiger partial charge in [0.1, 0.15) is 18.4 Å². The molecule has 1 saturated heterocycles. The Bertz CT molecular complexity index is 1000. The van der Waals surface area contributed by atoms with Gasteiger partial charge in [0.05, 0.1) is 21.0 Å². The van der Waals surface area contributed by atoms with Gasteiger partial charge in [-0.25, -0.2) is 4.79 Å². The zero-order valence-corrected chi connectivity index (χ0v) is 20.0. The quantitative estimate of drug-likeness (QED) is 0.352. The van der Waals surface area contributed by atoms with Crippen molar-refractivity contribution in [3.05, 3.63) is 67.4 Å². The Labute approximate surface area is 194 Å². The third-order valence-corrected chi connectivity index (χ3v) is 6.36. The standard InChI is InChI=1S/C21H17Br2NO5S/c1-12(20(26)28-2)24-19(25)17(30-21(24)27)10-14-8-15(22)18(16(23)9-14)29-11-13-6-4-3-5-7-13/h3-10,12H,11H2,1-2H3/b17-10+/t12-/m0/s1. The molecule has 1 aliphatic rings. The number of hydrogen-bond acceptors (Lipinski definition) is 6. The number of benzene rings is 2. The second-order valence-corrected chi connectivity index (χ2v) is 9.04. The van der Waals surface area contributed by atoms with Crippen LogP contribution in [0.1, 0.15) is 18.1 Å². The molecule has 1 atom stereocenters. The average molecular weight is 555 g/mol. The predicted octanol–water partition coefficient (Wildman–Crippen LogP) is 5.39. The van der Waals surface area contributed by atoms with E-state index < -0.39 is 23.2 Å². The summed E-state index contributed by atoms with van der Waals surface area (Å²) in [6.45, 7) is 1.86. The number of esters is 1. The van der Waals surface area contributed by atoms with Crippen molar-refractivity contribution < 1.29 is 23.9 Å². The van der Waals surface area contributed by atoms with E-state index >= 15 is 0 Å². The maximum absolute atomic E-state index is 12.6. The molecule has 2 amide bonds. The molecule has 2 aromatic rings. The summed E-state index contributed by atoms with van der Waals surface area (Å²) in [5.74, 6) is -0.549. The van der Waals surface area contributed by atoms with Crippen molar-refractivity contribution in [3.63, 3.8) is 0 Å². The van der Waals surface area contributed by atoms with E-state index in [0.717, 1.165) is 22.2 Å². The number of nitrogens with zero attached hydrogens (tertiary/aromatic N) is 1. The van der Waals surface area contributed by atoms with Crippen LogP contribution in [0.4, 0.5) is 4.79 Å². The number of carbonyl (C=O) groups is 3. The number of rotatable bonds is 6. The summed E-state index contributed by atoms with van der Waals surface area (Å²) in [4.78, 5) is 37.7. The lowest BCUT2D eigenvalue weighted by molar-refractivity contribution is -0.148. The first-order valence-electron chi connectivity index (χ1n) is 8.82.